The van der Waals surface area contributed by atoms with E-state index in [2.05, 4.69) is 101 Å². The van der Waals surface area contributed by atoms with Gasteiger partial charge in [0.25, 0.3) is 5.82 Å². The number of rotatable bonds is 0. The average molecular weight is 454 g/mol. The number of hydrogen-bond acceptors (Lipinski definition) is 2. The van der Waals surface area contributed by atoms with E-state index in [1.807, 2.05) is 11.0 Å². The lowest BCUT2D eigenvalue weighted by Crippen LogP contribution is -2.77. The molecule has 0 fully saturated rings. The van der Waals surface area contributed by atoms with Crippen LogP contribution in [0.25, 0.3) is 33.3 Å². The molecule has 0 bridgehead atoms. The minimum atomic E-state index is -0.626. The lowest BCUT2D eigenvalue weighted by atomic mass is 9.75. The number of pyridine rings is 1. The monoisotopic (exact) mass is 453 g/mol. The van der Waals surface area contributed by atoms with Crippen molar-refractivity contribution in [2.45, 2.75) is 24.9 Å². The number of aromatic nitrogens is 5. The molecule has 0 amide bonds. The number of fused-ring (bicyclic) bond motifs is 3. The maximum Gasteiger partial charge on any atom is 0.337 e. The summed E-state index contributed by atoms with van der Waals surface area (Å²) in [5.41, 5.74) is 7.84. The van der Waals surface area contributed by atoms with Crippen LogP contribution in [0, 0.1) is 0 Å². The van der Waals surface area contributed by atoms with Crippen molar-refractivity contribution in [2.24, 2.45) is 0 Å². The molecule has 4 aliphatic rings. The summed E-state index contributed by atoms with van der Waals surface area (Å²) in [5, 5.41) is 7.31. The highest BCUT2D eigenvalue weighted by Gasteiger charge is 2.67. The molecule has 0 saturated carbocycles. The highest BCUT2D eigenvalue weighted by molar-refractivity contribution is 6.13. The Morgan fingerprint density at radius 3 is 2.57 bits per heavy atom. The van der Waals surface area contributed by atoms with Crippen molar-refractivity contribution in [1.82, 2.24) is 14.5 Å². The molecular formula is C29H19N5O+2. The molecule has 1 unspecified atom stereocenters. The Morgan fingerprint density at radius 1 is 0.800 bits per heavy atom. The third-order valence-corrected chi connectivity index (χ3v) is 8.84. The van der Waals surface area contributed by atoms with Gasteiger partial charge < -0.3 is 4.74 Å². The Labute approximate surface area is 199 Å². The van der Waals surface area contributed by atoms with Crippen molar-refractivity contribution in [3.8, 4) is 23.0 Å². The first-order valence-electron chi connectivity index (χ1n) is 12.1. The van der Waals surface area contributed by atoms with E-state index in [0.717, 1.165) is 22.7 Å². The van der Waals surface area contributed by atoms with Gasteiger partial charge in [-0.1, -0.05) is 32.0 Å². The summed E-state index contributed by atoms with van der Waals surface area (Å²) in [6.45, 7) is 4.71. The minimum absolute atomic E-state index is 0.143. The Balaban J connectivity index is 1.60. The maximum absolute atomic E-state index is 6.65. The Morgan fingerprint density at radius 2 is 1.63 bits per heavy atom. The van der Waals surface area contributed by atoms with Gasteiger partial charge in [-0.3, -0.25) is 0 Å². The van der Waals surface area contributed by atoms with Gasteiger partial charge in [0.1, 0.15) is 33.8 Å². The zero-order valence-corrected chi connectivity index (χ0v) is 19.1. The predicted molar refractivity (Wildman–Crippen MR) is 129 cm³/mol. The fraction of sp³-hybridized carbons (Fsp3) is 0.138. The van der Waals surface area contributed by atoms with Crippen LogP contribution in [0.2, 0.25) is 0 Å². The quantitative estimate of drug-likeness (QED) is 0.323. The van der Waals surface area contributed by atoms with Crippen LogP contribution in [0.15, 0.2) is 79.3 Å². The molecule has 4 aliphatic heterocycles. The molecule has 3 aromatic carbocycles. The standard InChI is InChI=1S/C29H19N5O/c1-28(2)18-7-3-6-16-17-11-12-22-24-26(17)33(25(16)18)27-19(28)8-5-14-31(27)29(24)23-20(9-4-10-21(23)35-22)34-30-13-15-32(29)34/h3-15H,1-2H3/q+2. The fourth-order valence-electron chi connectivity index (χ4n) is 7.54. The molecule has 0 radical (unpaired) electrons. The van der Waals surface area contributed by atoms with E-state index in [0.29, 0.717) is 0 Å². The first kappa shape index (κ1) is 17.1. The van der Waals surface area contributed by atoms with E-state index in [-0.39, 0.29) is 5.41 Å². The van der Waals surface area contributed by atoms with Crippen LogP contribution in [-0.2, 0) is 11.1 Å². The summed E-state index contributed by atoms with van der Waals surface area (Å²) in [6, 6.07) is 22.0. The summed E-state index contributed by atoms with van der Waals surface area (Å²) >= 11 is 0. The highest BCUT2D eigenvalue weighted by atomic mass is 16.5. The van der Waals surface area contributed by atoms with Gasteiger partial charge in [0.15, 0.2) is 11.7 Å². The van der Waals surface area contributed by atoms with Gasteiger partial charge in [-0.05, 0) is 47.3 Å². The van der Waals surface area contributed by atoms with E-state index >= 15 is 0 Å². The normalized spacial score (nSPS) is 20.3. The van der Waals surface area contributed by atoms with Crippen molar-refractivity contribution < 1.29 is 14.0 Å². The van der Waals surface area contributed by atoms with Crippen LogP contribution >= 0.6 is 0 Å². The van der Waals surface area contributed by atoms with Crippen LogP contribution < -0.4 is 14.0 Å². The van der Waals surface area contributed by atoms with Gasteiger partial charge in [0.05, 0.1) is 11.8 Å². The number of benzene rings is 3. The number of para-hydroxylation sites is 1. The molecule has 3 aromatic heterocycles. The van der Waals surface area contributed by atoms with Crippen LogP contribution in [0.4, 0.5) is 0 Å². The Hall–Kier alpha value is -4.45. The van der Waals surface area contributed by atoms with E-state index in [1.165, 1.54) is 44.3 Å². The maximum atomic E-state index is 6.65. The number of nitrogens with zero attached hydrogens (tertiary/aromatic N) is 5. The third kappa shape index (κ3) is 1.45. The molecular weight excluding hydrogens is 434 g/mol. The van der Waals surface area contributed by atoms with Crippen molar-refractivity contribution in [1.29, 1.82) is 0 Å². The third-order valence-electron chi connectivity index (χ3n) is 8.84. The predicted octanol–water partition coefficient (Wildman–Crippen LogP) is 4.21. The molecule has 1 spiro atoms. The second-order valence-corrected chi connectivity index (χ2v) is 10.6. The molecule has 6 aromatic rings. The molecule has 0 aliphatic carbocycles. The average Bonchev–Trinajstić information content (AvgIpc) is 3.56. The van der Waals surface area contributed by atoms with Gasteiger partial charge in [0.2, 0.25) is 6.20 Å². The second kappa shape index (κ2) is 4.84. The first-order chi connectivity index (χ1) is 17.1. The number of ether oxygens (including phenoxy) is 1. The summed E-state index contributed by atoms with van der Waals surface area (Å²) in [7, 11) is 0. The van der Waals surface area contributed by atoms with E-state index in [1.54, 1.807) is 0 Å². The summed E-state index contributed by atoms with van der Waals surface area (Å²) < 4.78 is 13.9. The van der Waals surface area contributed by atoms with Crippen LogP contribution in [0.3, 0.4) is 0 Å². The largest absolute Gasteiger partial charge is 0.456 e. The van der Waals surface area contributed by atoms with Crippen LogP contribution in [-0.4, -0.2) is 14.5 Å². The number of hydrogen-bond donors (Lipinski definition) is 0. The molecule has 6 nitrogen and oxygen atoms in total. The Bertz CT molecular complexity index is 2030. The summed E-state index contributed by atoms with van der Waals surface area (Å²) in [5.74, 6) is 3.02. The van der Waals surface area contributed by atoms with Crippen LogP contribution in [0.1, 0.15) is 36.1 Å². The fourth-order valence-corrected chi connectivity index (χ4v) is 7.54. The lowest BCUT2D eigenvalue weighted by Gasteiger charge is -2.38. The van der Waals surface area contributed by atoms with E-state index < -0.39 is 5.66 Å². The van der Waals surface area contributed by atoms with Gasteiger partial charge in [-0.2, -0.15) is 9.13 Å². The van der Waals surface area contributed by atoms with Crippen molar-refractivity contribution in [3.63, 3.8) is 0 Å². The van der Waals surface area contributed by atoms with Gasteiger partial charge in [0, 0.05) is 26.8 Å². The van der Waals surface area contributed by atoms with Crippen LogP contribution in [0.5, 0.6) is 11.5 Å². The molecule has 6 heteroatoms. The molecule has 1 atom stereocenters. The van der Waals surface area contributed by atoms with Gasteiger partial charge in [-0.15, -0.1) is 4.68 Å². The van der Waals surface area contributed by atoms with Gasteiger partial charge in [-0.25, -0.2) is 0 Å². The summed E-state index contributed by atoms with van der Waals surface area (Å²) in [6.07, 6.45) is 6.23. The zero-order chi connectivity index (χ0) is 22.8. The SMILES string of the molecule is CC1(C)c2ccc[n+]3c2-n2c4c1cccc4c1ccc4c(c12)C31c2c(cccc2-n2ncc[n+]21)O4. The molecule has 164 valence electrons. The molecule has 7 heterocycles. The second-order valence-electron chi connectivity index (χ2n) is 10.6. The smallest absolute Gasteiger partial charge is 0.337 e. The lowest BCUT2D eigenvalue weighted by molar-refractivity contribution is -0.995. The van der Waals surface area contributed by atoms with E-state index in [4.69, 9.17) is 9.84 Å². The molecule has 35 heavy (non-hydrogen) atoms. The molecule has 0 N–H and O–H groups in total. The highest BCUT2D eigenvalue weighted by Crippen LogP contribution is 2.57. The topological polar surface area (TPSA) is 39.7 Å². The molecule has 0 saturated heterocycles. The van der Waals surface area contributed by atoms with Crippen molar-refractivity contribution >= 4 is 21.8 Å². The van der Waals surface area contributed by atoms with Crippen molar-refractivity contribution in [3.05, 3.63) is 102 Å². The zero-order valence-electron chi connectivity index (χ0n) is 19.1. The molecule has 10 rings (SSSR count). The Kier molecular flexibility index (Phi) is 2.36. The van der Waals surface area contributed by atoms with Crippen molar-refractivity contribution in [2.75, 3.05) is 0 Å². The minimum Gasteiger partial charge on any atom is -0.456 e. The van der Waals surface area contributed by atoms with Gasteiger partial charge >= 0.3 is 5.66 Å². The first-order valence-corrected chi connectivity index (χ1v) is 12.1. The summed E-state index contributed by atoms with van der Waals surface area (Å²) in [4.78, 5) is 2.03. The van der Waals surface area contributed by atoms with E-state index in [9.17, 15) is 0 Å².